The average molecular weight is 326 g/mol. The van der Waals surface area contributed by atoms with Crippen LogP contribution in [0.25, 0.3) is 11.0 Å². The molecule has 2 amide bonds. The van der Waals surface area contributed by atoms with E-state index < -0.39 is 12.0 Å². The van der Waals surface area contributed by atoms with Gasteiger partial charge in [-0.25, -0.2) is 14.4 Å². The van der Waals surface area contributed by atoms with Gasteiger partial charge in [0.1, 0.15) is 0 Å². The number of urea groups is 1. The van der Waals surface area contributed by atoms with Crippen molar-refractivity contribution in [1.29, 1.82) is 0 Å². The Balaban J connectivity index is 1.72. The van der Waals surface area contributed by atoms with E-state index in [9.17, 15) is 14.4 Å². The average Bonchev–Trinajstić information content (AvgIpc) is 2.93. The summed E-state index contributed by atoms with van der Waals surface area (Å²) in [4.78, 5) is 40.0. The number of H-pyrrole nitrogens is 2. The molecule has 0 atom stereocenters. The molecule has 2 aromatic carbocycles. The number of amides is 2. The Morgan fingerprint density at radius 2 is 1.67 bits per heavy atom. The molecule has 0 saturated carbocycles. The van der Waals surface area contributed by atoms with Crippen molar-refractivity contribution in [2.75, 3.05) is 17.7 Å². The van der Waals surface area contributed by atoms with Gasteiger partial charge in [0, 0.05) is 11.4 Å². The van der Waals surface area contributed by atoms with Crippen LogP contribution in [0.1, 0.15) is 10.4 Å². The maximum Gasteiger partial charge on any atom is 0.337 e. The molecule has 3 rings (SSSR count). The first-order chi connectivity index (χ1) is 11.5. The Morgan fingerprint density at radius 1 is 0.958 bits per heavy atom. The smallest absolute Gasteiger partial charge is 0.337 e. The fraction of sp³-hybridized carbons (Fsp3) is 0.0625. The molecule has 8 nitrogen and oxygen atoms in total. The first-order valence-electron chi connectivity index (χ1n) is 7.03. The lowest BCUT2D eigenvalue weighted by atomic mass is 10.2. The largest absolute Gasteiger partial charge is 0.465 e. The summed E-state index contributed by atoms with van der Waals surface area (Å²) < 4.78 is 4.64. The number of ether oxygens (including phenoxy) is 1. The molecule has 1 heterocycles. The van der Waals surface area contributed by atoms with Gasteiger partial charge in [0.2, 0.25) is 0 Å². The summed E-state index contributed by atoms with van der Waals surface area (Å²) in [6.45, 7) is 0. The summed E-state index contributed by atoms with van der Waals surface area (Å²) in [6.07, 6.45) is 0. The third kappa shape index (κ3) is 3.27. The van der Waals surface area contributed by atoms with E-state index in [1.807, 2.05) is 0 Å². The maximum atomic E-state index is 12.1. The molecule has 0 saturated heterocycles. The molecule has 24 heavy (non-hydrogen) atoms. The topological polar surface area (TPSA) is 116 Å². The molecule has 1 aromatic heterocycles. The van der Waals surface area contributed by atoms with E-state index in [4.69, 9.17) is 0 Å². The zero-order valence-corrected chi connectivity index (χ0v) is 12.7. The fourth-order valence-corrected chi connectivity index (χ4v) is 2.25. The molecular weight excluding hydrogens is 312 g/mol. The second kappa shape index (κ2) is 6.29. The predicted octanol–water partition coefficient (Wildman–Crippen LogP) is 2.29. The minimum atomic E-state index is -0.485. The van der Waals surface area contributed by atoms with Crippen LogP contribution in [0.2, 0.25) is 0 Å². The second-order valence-corrected chi connectivity index (χ2v) is 4.99. The number of anilines is 2. The van der Waals surface area contributed by atoms with Gasteiger partial charge in [-0.3, -0.25) is 0 Å². The Hall–Kier alpha value is -3.55. The van der Waals surface area contributed by atoms with Gasteiger partial charge < -0.3 is 25.3 Å². The number of nitrogens with one attached hydrogen (secondary N) is 4. The number of carbonyl (C=O) groups is 2. The highest BCUT2D eigenvalue weighted by molar-refractivity contribution is 6.01. The summed E-state index contributed by atoms with van der Waals surface area (Å²) in [5.74, 6) is -0.485. The van der Waals surface area contributed by atoms with Crippen LogP contribution < -0.4 is 16.3 Å². The molecule has 0 fully saturated rings. The first kappa shape index (κ1) is 15.3. The Labute approximate surface area is 135 Å². The number of methoxy groups -OCH3 is 1. The van der Waals surface area contributed by atoms with E-state index >= 15 is 0 Å². The van der Waals surface area contributed by atoms with Crippen LogP contribution in [0.3, 0.4) is 0 Å². The Kier molecular flexibility index (Phi) is 4.02. The number of rotatable bonds is 3. The number of aromatic amines is 2. The number of aromatic nitrogens is 2. The van der Waals surface area contributed by atoms with Crippen molar-refractivity contribution in [3.63, 3.8) is 0 Å². The lowest BCUT2D eigenvalue weighted by Crippen LogP contribution is -2.19. The summed E-state index contributed by atoms with van der Waals surface area (Å²) in [6, 6.07) is 10.9. The standard InChI is InChI=1S/C16H14N4O4/c1-24-14(21)9-3-2-4-10(7-9)17-15(22)18-11-5-6-12-13(8-11)20-16(23)19-12/h2-8H,1H3,(H2,17,18,22)(H2,19,20,23). The van der Waals surface area contributed by atoms with E-state index in [1.54, 1.807) is 36.4 Å². The van der Waals surface area contributed by atoms with Gasteiger partial charge in [-0.1, -0.05) is 6.07 Å². The molecule has 0 aliphatic heterocycles. The first-order valence-corrected chi connectivity index (χ1v) is 7.03. The van der Waals surface area contributed by atoms with Crippen molar-refractivity contribution >= 4 is 34.4 Å². The van der Waals surface area contributed by atoms with Gasteiger partial charge in [-0.15, -0.1) is 0 Å². The van der Waals surface area contributed by atoms with Gasteiger partial charge >= 0.3 is 17.7 Å². The highest BCUT2D eigenvalue weighted by atomic mass is 16.5. The quantitative estimate of drug-likeness (QED) is 0.552. The number of esters is 1. The van der Waals surface area contributed by atoms with Crippen molar-refractivity contribution in [3.8, 4) is 0 Å². The monoisotopic (exact) mass is 326 g/mol. The van der Waals surface area contributed by atoms with Crippen molar-refractivity contribution < 1.29 is 14.3 Å². The zero-order valence-electron chi connectivity index (χ0n) is 12.7. The van der Waals surface area contributed by atoms with Crippen LogP contribution in [0.5, 0.6) is 0 Å². The Bertz CT molecular complexity index is 973. The summed E-state index contributed by atoms with van der Waals surface area (Å²) in [5.41, 5.74) is 2.22. The predicted molar refractivity (Wildman–Crippen MR) is 89.3 cm³/mol. The lowest BCUT2D eigenvalue weighted by Gasteiger charge is -2.08. The number of hydrogen-bond acceptors (Lipinski definition) is 4. The van der Waals surface area contributed by atoms with E-state index in [2.05, 4.69) is 25.3 Å². The minimum absolute atomic E-state index is 0.314. The van der Waals surface area contributed by atoms with Gasteiger partial charge in [0.05, 0.1) is 23.7 Å². The molecule has 122 valence electrons. The minimum Gasteiger partial charge on any atom is -0.465 e. The van der Waals surface area contributed by atoms with Gasteiger partial charge in [0.25, 0.3) is 0 Å². The van der Waals surface area contributed by atoms with Crippen molar-refractivity contribution in [1.82, 2.24) is 9.97 Å². The molecule has 0 unspecified atom stereocenters. The second-order valence-electron chi connectivity index (χ2n) is 4.99. The third-order valence-corrected chi connectivity index (χ3v) is 3.32. The SMILES string of the molecule is COC(=O)c1cccc(NC(=O)Nc2ccc3[nH]c(=O)[nH]c3c2)c1. The van der Waals surface area contributed by atoms with Crippen molar-refractivity contribution in [3.05, 3.63) is 58.5 Å². The number of carbonyl (C=O) groups excluding carboxylic acids is 2. The maximum absolute atomic E-state index is 12.1. The number of imidazole rings is 1. The van der Waals surface area contributed by atoms with E-state index in [-0.39, 0.29) is 5.69 Å². The lowest BCUT2D eigenvalue weighted by molar-refractivity contribution is 0.0600. The molecule has 8 heteroatoms. The normalized spacial score (nSPS) is 10.4. The van der Waals surface area contributed by atoms with E-state index in [0.717, 1.165) is 0 Å². The molecule has 0 aliphatic rings. The van der Waals surface area contributed by atoms with Crippen LogP contribution in [0, 0.1) is 0 Å². The highest BCUT2D eigenvalue weighted by Gasteiger charge is 2.08. The van der Waals surface area contributed by atoms with Crippen LogP contribution in [0.15, 0.2) is 47.3 Å². The van der Waals surface area contributed by atoms with Crippen molar-refractivity contribution in [2.24, 2.45) is 0 Å². The molecule has 0 aliphatic carbocycles. The third-order valence-electron chi connectivity index (χ3n) is 3.32. The molecular formula is C16H14N4O4. The van der Waals surface area contributed by atoms with E-state index in [0.29, 0.717) is 28.0 Å². The number of benzene rings is 2. The van der Waals surface area contributed by atoms with Crippen molar-refractivity contribution in [2.45, 2.75) is 0 Å². The van der Waals surface area contributed by atoms with Crippen LogP contribution in [-0.2, 0) is 4.74 Å². The van der Waals surface area contributed by atoms with E-state index in [1.165, 1.54) is 13.2 Å². The van der Waals surface area contributed by atoms with Crippen LogP contribution >= 0.6 is 0 Å². The molecule has 0 spiro atoms. The molecule has 4 N–H and O–H groups in total. The fourth-order valence-electron chi connectivity index (χ4n) is 2.25. The zero-order chi connectivity index (χ0) is 17.1. The van der Waals surface area contributed by atoms with Gasteiger partial charge in [0.15, 0.2) is 0 Å². The van der Waals surface area contributed by atoms with Gasteiger partial charge in [-0.05, 0) is 36.4 Å². The number of fused-ring (bicyclic) bond motifs is 1. The highest BCUT2D eigenvalue weighted by Crippen LogP contribution is 2.16. The van der Waals surface area contributed by atoms with Crippen LogP contribution in [0.4, 0.5) is 16.2 Å². The summed E-state index contributed by atoms with van der Waals surface area (Å²) in [5, 5.41) is 5.28. The summed E-state index contributed by atoms with van der Waals surface area (Å²) in [7, 11) is 1.29. The molecule has 0 radical (unpaired) electrons. The van der Waals surface area contributed by atoms with Crippen LogP contribution in [-0.4, -0.2) is 29.1 Å². The van der Waals surface area contributed by atoms with Gasteiger partial charge in [-0.2, -0.15) is 0 Å². The summed E-state index contributed by atoms with van der Waals surface area (Å²) >= 11 is 0. The number of hydrogen-bond donors (Lipinski definition) is 4. The molecule has 0 bridgehead atoms. The Morgan fingerprint density at radius 3 is 2.42 bits per heavy atom. The molecule has 3 aromatic rings.